The van der Waals surface area contributed by atoms with E-state index in [4.69, 9.17) is 16.3 Å². The van der Waals surface area contributed by atoms with Crippen molar-refractivity contribution in [1.29, 1.82) is 0 Å². The first kappa shape index (κ1) is 19.3. The Morgan fingerprint density at radius 2 is 1.81 bits per heavy atom. The number of aryl methyl sites for hydroxylation is 1. The second-order valence-corrected chi connectivity index (χ2v) is 6.98. The minimum absolute atomic E-state index is 0.0926. The maximum absolute atomic E-state index is 13.0. The topological polar surface area (TPSA) is 65.6 Å². The molecule has 2 heterocycles. The third-order valence-electron chi connectivity index (χ3n) is 4.89. The number of anilines is 1. The number of piperazine rings is 1. The highest BCUT2D eigenvalue weighted by Gasteiger charge is 2.28. The molecule has 0 spiro atoms. The third kappa shape index (κ3) is 3.81. The summed E-state index contributed by atoms with van der Waals surface area (Å²) >= 11 is 6.28. The molecule has 0 unspecified atom stereocenters. The standard InChI is InChI=1S/C20H24ClN3O3/c1-4-27-20(26)17-13(2)18(22-14(17)3)19(25)24-11-9-23(10-12-24)16-8-6-5-7-15(16)21/h5-8,22H,4,9-12H2,1-3H3. The van der Waals surface area contributed by atoms with Crippen LogP contribution in [0.15, 0.2) is 24.3 Å². The summed E-state index contributed by atoms with van der Waals surface area (Å²) in [7, 11) is 0. The highest BCUT2D eigenvalue weighted by atomic mass is 35.5. The van der Waals surface area contributed by atoms with Gasteiger partial charge in [0, 0.05) is 31.9 Å². The number of nitrogens with zero attached hydrogens (tertiary/aromatic N) is 2. The van der Waals surface area contributed by atoms with Crippen LogP contribution in [-0.4, -0.2) is 54.5 Å². The van der Waals surface area contributed by atoms with Crippen LogP contribution in [0.4, 0.5) is 5.69 Å². The van der Waals surface area contributed by atoms with E-state index >= 15 is 0 Å². The first-order valence-electron chi connectivity index (χ1n) is 9.09. The quantitative estimate of drug-likeness (QED) is 0.813. The Morgan fingerprint density at radius 3 is 2.44 bits per heavy atom. The molecule has 0 bridgehead atoms. The highest BCUT2D eigenvalue weighted by molar-refractivity contribution is 6.33. The number of H-pyrrole nitrogens is 1. The van der Waals surface area contributed by atoms with Crippen LogP contribution in [0.2, 0.25) is 5.02 Å². The number of halogens is 1. The first-order chi connectivity index (χ1) is 12.9. The van der Waals surface area contributed by atoms with Gasteiger partial charge in [-0.3, -0.25) is 4.79 Å². The number of esters is 1. The summed E-state index contributed by atoms with van der Waals surface area (Å²) in [5.74, 6) is -0.490. The van der Waals surface area contributed by atoms with Crippen LogP contribution in [0.5, 0.6) is 0 Å². The van der Waals surface area contributed by atoms with Crippen molar-refractivity contribution in [2.45, 2.75) is 20.8 Å². The maximum atomic E-state index is 13.0. The molecular formula is C20H24ClN3O3. The fourth-order valence-electron chi connectivity index (χ4n) is 3.49. The maximum Gasteiger partial charge on any atom is 0.340 e. The number of hydrogen-bond acceptors (Lipinski definition) is 4. The number of aromatic amines is 1. The van der Waals surface area contributed by atoms with E-state index in [1.807, 2.05) is 24.3 Å². The molecule has 0 aliphatic carbocycles. The molecule has 1 N–H and O–H groups in total. The zero-order valence-electron chi connectivity index (χ0n) is 15.8. The van der Waals surface area contributed by atoms with Crippen molar-refractivity contribution in [3.63, 3.8) is 0 Å². The third-order valence-corrected chi connectivity index (χ3v) is 5.21. The number of amides is 1. The van der Waals surface area contributed by atoms with Crippen molar-refractivity contribution >= 4 is 29.2 Å². The Bertz CT molecular complexity index is 854. The van der Waals surface area contributed by atoms with Gasteiger partial charge in [-0.15, -0.1) is 0 Å². The molecule has 7 heteroatoms. The van der Waals surface area contributed by atoms with E-state index in [0.29, 0.717) is 60.3 Å². The Hall–Kier alpha value is -2.47. The number of nitrogens with one attached hydrogen (secondary N) is 1. The lowest BCUT2D eigenvalue weighted by Gasteiger charge is -2.36. The second kappa shape index (κ2) is 8.05. The summed E-state index contributed by atoms with van der Waals surface area (Å²) in [6.45, 7) is 8.23. The molecule has 0 atom stereocenters. The van der Waals surface area contributed by atoms with Crippen LogP contribution < -0.4 is 4.90 Å². The molecule has 2 aromatic rings. The lowest BCUT2D eigenvalue weighted by atomic mass is 10.1. The van der Waals surface area contributed by atoms with Crippen molar-refractivity contribution in [3.8, 4) is 0 Å². The van der Waals surface area contributed by atoms with E-state index < -0.39 is 5.97 Å². The molecule has 1 aromatic carbocycles. The number of aromatic nitrogens is 1. The van der Waals surface area contributed by atoms with Crippen LogP contribution in [0.1, 0.15) is 39.0 Å². The molecule has 1 saturated heterocycles. The Balaban J connectivity index is 1.72. The van der Waals surface area contributed by atoms with Gasteiger partial charge in [0.25, 0.3) is 5.91 Å². The molecule has 0 radical (unpaired) electrons. The summed E-state index contributed by atoms with van der Waals surface area (Å²) in [6.07, 6.45) is 0. The summed E-state index contributed by atoms with van der Waals surface area (Å²) in [5, 5.41) is 0.715. The highest BCUT2D eigenvalue weighted by Crippen LogP contribution is 2.27. The number of ether oxygens (including phenoxy) is 1. The molecule has 0 saturated carbocycles. The van der Waals surface area contributed by atoms with E-state index in [9.17, 15) is 9.59 Å². The van der Waals surface area contributed by atoms with E-state index in [1.54, 1.807) is 25.7 Å². The molecule has 27 heavy (non-hydrogen) atoms. The second-order valence-electron chi connectivity index (χ2n) is 6.58. The fourth-order valence-corrected chi connectivity index (χ4v) is 3.75. The first-order valence-corrected chi connectivity index (χ1v) is 9.46. The Labute approximate surface area is 164 Å². The number of rotatable bonds is 4. The largest absolute Gasteiger partial charge is 0.462 e. The molecule has 1 aliphatic rings. The van der Waals surface area contributed by atoms with Crippen molar-refractivity contribution < 1.29 is 14.3 Å². The average Bonchev–Trinajstić information content (AvgIpc) is 2.96. The van der Waals surface area contributed by atoms with Gasteiger partial charge >= 0.3 is 5.97 Å². The minimum Gasteiger partial charge on any atom is -0.462 e. The van der Waals surface area contributed by atoms with Crippen LogP contribution >= 0.6 is 11.6 Å². The SMILES string of the molecule is CCOC(=O)c1c(C)[nH]c(C(=O)N2CCN(c3ccccc3Cl)CC2)c1C. The Morgan fingerprint density at radius 1 is 1.15 bits per heavy atom. The van der Waals surface area contributed by atoms with Gasteiger partial charge in [-0.1, -0.05) is 23.7 Å². The van der Waals surface area contributed by atoms with Crippen molar-refractivity contribution in [2.24, 2.45) is 0 Å². The van der Waals surface area contributed by atoms with Gasteiger partial charge in [-0.2, -0.15) is 0 Å². The Kier molecular flexibility index (Phi) is 5.75. The number of carbonyl (C=O) groups is 2. The predicted molar refractivity (Wildman–Crippen MR) is 106 cm³/mol. The van der Waals surface area contributed by atoms with Gasteiger partial charge in [-0.25, -0.2) is 4.79 Å². The number of hydrogen-bond donors (Lipinski definition) is 1. The normalized spacial score (nSPS) is 14.4. The van der Waals surface area contributed by atoms with Gasteiger partial charge in [0.15, 0.2) is 0 Å². The van der Waals surface area contributed by atoms with E-state index in [1.165, 1.54) is 0 Å². The molecular weight excluding hydrogens is 366 g/mol. The molecule has 1 aliphatic heterocycles. The molecule has 1 fully saturated rings. The van der Waals surface area contributed by atoms with Crippen molar-refractivity contribution in [3.05, 3.63) is 51.8 Å². The average molecular weight is 390 g/mol. The van der Waals surface area contributed by atoms with Gasteiger partial charge in [0.05, 0.1) is 22.9 Å². The van der Waals surface area contributed by atoms with Crippen LogP contribution in [0.3, 0.4) is 0 Å². The monoisotopic (exact) mass is 389 g/mol. The van der Waals surface area contributed by atoms with Gasteiger partial charge in [0.2, 0.25) is 0 Å². The molecule has 1 amide bonds. The van der Waals surface area contributed by atoms with Gasteiger partial charge in [-0.05, 0) is 38.5 Å². The summed E-state index contributed by atoms with van der Waals surface area (Å²) in [5.41, 5.74) is 3.20. The van der Waals surface area contributed by atoms with Gasteiger partial charge in [0.1, 0.15) is 5.69 Å². The molecule has 144 valence electrons. The van der Waals surface area contributed by atoms with Crippen LogP contribution in [-0.2, 0) is 4.74 Å². The van der Waals surface area contributed by atoms with Crippen LogP contribution in [0, 0.1) is 13.8 Å². The smallest absolute Gasteiger partial charge is 0.340 e. The number of benzene rings is 1. The fraction of sp³-hybridized carbons (Fsp3) is 0.400. The number of carbonyl (C=O) groups excluding carboxylic acids is 2. The predicted octanol–water partition coefficient (Wildman–Crippen LogP) is 3.42. The summed E-state index contributed by atoms with van der Waals surface area (Å²) in [4.78, 5) is 32.2. The summed E-state index contributed by atoms with van der Waals surface area (Å²) < 4.78 is 5.10. The number of para-hydroxylation sites is 1. The van der Waals surface area contributed by atoms with Crippen LogP contribution in [0.25, 0.3) is 0 Å². The molecule has 3 rings (SSSR count). The van der Waals surface area contributed by atoms with Gasteiger partial charge < -0.3 is 19.5 Å². The lowest BCUT2D eigenvalue weighted by Crippen LogP contribution is -2.49. The summed E-state index contributed by atoms with van der Waals surface area (Å²) in [6, 6.07) is 7.73. The molecule has 6 nitrogen and oxygen atoms in total. The lowest BCUT2D eigenvalue weighted by molar-refractivity contribution is 0.0525. The molecule has 1 aromatic heterocycles. The zero-order chi connectivity index (χ0) is 19.6. The van der Waals surface area contributed by atoms with E-state index in [-0.39, 0.29) is 5.91 Å². The van der Waals surface area contributed by atoms with E-state index in [2.05, 4.69) is 9.88 Å². The minimum atomic E-state index is -0.397. The van der Waals surface area contributed by atoms with E-state index in [0.717, 1.165) is 5.69 Å². The van der Waals surface area contributed by atoms with Crippen molar-refractivity contribution in [1.82, 2.24) is 9.88 Å². The zero-order valence-corrected chi connectivity index (χ0v) is 16.6. The van der Waals surface area contributed by atoms with Crippen molar-refractivity contribution in [2.75, 3.05) is 37.7 Å².